The van der Waals surface area contributed by atoms with Crippen LogP contribution in [0, 0.1) is 0 Å². The van der Waals surface area contributed by atoms with Gasteiger partial charge in [-0.25, -0.2) is 5.01 Å². The van der Waals surface area contributed by atoms with Crippen LogP contribution < -0.4 is 0 Å². The largest absolute Gasteiger partial charge is 0.356 e. The monoisotopic (exact) mass is 435 g/mol. The molecule has 1 fully saturated rings. The molecule has 0 spiro atoms. The molecule has 4 aromatic rings. The van der Waals surface area contributed by atoms with Gasteiger partial charge in [0.05, 0.1) is 12.3 Å². The Morgan fingerprint density at radius 2 is 1.73 bits per heavy atom. The Balaban J connectivity index is 1.44. The number of carbonyl (C=O) groups excluding carboxylic acids is 2. The third kappa shape index (κ3) is 3.20. The summed E-state index contributed by atoms with van der Waals surface area (Å²) in [6, 6.07) is 20.6. The number of carbonyl (C=O) groups is 2. The average Bonchev–Trinajstić information content (AvgIpc) is 3.23. The van der Waals surface area contributed by atoms with Gasteiger partial charge in [0.15, 0.2) is 0 Å². The summed E-state index contributed by atoms with van der Waals surface area (Å²) in [5, 5.41) is 6.74. The van der Waals surface area contributed by atoms with E-state index in [1.807, 2.05) is 48.5 Å². The Morgan fingerprint density at radius 1 is 0.970 bits per heavy atom. The van der Waals surface area contributed by atoms with Crippen LogP contribution in [0.5, 0.6) is 0 Å². The number of piperazine rings is 1. The minimum Gasteiger partial charge on any atom is -0.356 e. The van der Waals surface area contributed by atoms with Crippen LogP contribution in [0.25, 0.3) is 10.9 Å². The molecule has 2 aromatic carbocycles. The highest BCUT2D eigenvalue weighted by Gasteiger charge is 2.48. The molecule has 1 saturated heterocycles. The van der Waals surface area contributed by atoms with Crippen LogP contribution in [0.2, 0.25) is 0 Å². The van der Waals surface area contributed by atoms with Crippen molar-refractivity contribution in [1.29, 1.82) is 0 Å². The van der Waals surface area contributed by atoms with Gasteiger partial charge in [0, 0.05) is 35.4 Å². The smallest absolute Gasteiger partial charge is 0.266 e. The molecule has 0 saturated carbocycles. The number of fused-ring (bicyclic) bond motifs is 4. The number of amides is 2. The maximum atomic E-state index is 13.6. The Bertz CT molecular complexity index is 1380. The number of hydrazone groups is 1. The van der Waals surface area contributed by atoms with Gasteiger partial charge >= 0.3 is 0 Å². The van der Waals surface area contributed by atoms with E-state index in [0.29, 0.717) is 6.42 Å². The zero-order valence-corrected chi connectivity index (χ0v) is 17.8. The van der Waals surface area contributed by atoms with Crippen molar-refractivity contribution in [2.24, 2.45) is 5.10 Å². The van der Waals surface area contributed by atoms with E-state index in [2.05, 4.69) is 21.1 Å². The van der Waals surface area contributed by atoms with Gasteiger partial charge < -0.3 is 9.88 Å². The Hall–Kier alpha value is -4.26. The summed E-state index contributed by atoms with van der Waals surface area (Å²) in [6.45, 7) is -0.0875. The first-order valence-electron chi connectivity index (χ1n) is 10.9. The van der Waals surface area contributed by atoms with Crippen molar-refractivity contribution in [2.45, 2.75) is 18.5 Å². The lowest BCUT2D eigenvalue weighted by atomic mass is 9.86. The van der Waals surface area contributed by atoms with Crippen molar-refractivity contribution >= 4 is 28.9 Å². The number of hydrogen-bond donors (Lipinski definition) is 1. The van der Waals surface area contributed by atoms with Gasteiger partial charge in [-0.15, -0.1) is 0 Å². The first-order chi connectivity index (χ1) is 16.2. The fourth-order valence-corrected chi connectivity index (χ4v) is 4.91. The molecule has 2 atom stereocenters. The van der Waals surface area contributed by atoms with Gasteiger partial charge in [0.25, 0.3) is 5.91 Å². The van der Waals surface area contributed by atoms with Crippen LogP contribution in [0.15, 0.2) is 84.2 Å². The fourth-order valence-electron chi connectivity index (χ4n) is 4.91. The molecular formula is C26H21N5O2. The van der Waals surface area contributed by atoms with Crippen molar-refractivity contribution in [1.82, 2.24) is 19.9 Å². The van der Waals surface area contributed by atoms with Crippen LogP contribution in [0.4, 0.5) is 0 Å². The predicted octanol–water partition coefficient (Wildman–Crippen LogP) is 3.28. The zero-order valence-electron chi connectivity index (χ0n) is 17.8. The Labute approximate surface area is 190 Å². The number of nitrogens with one attached hydrogen (secondary N) is 1. The zero-order chi connectivity index (χ0) is 22.4. The highest BCUT2D eigenvalue weighted by Crippen LogP contribution is 2.42. The highest BCUT2D eigenvalue weighted by molar-refractivity contribution is 5.98. The summed E-state index contributed by atoms with van der Waals surface area (Å²) in [5.41, 5.74) is 4.87. The van der Waals surface area contributed by atoms with E-state index in [0.717, 1.165) is 33.3 Å². The first kappa shape index (κ1) is 19.4. The SMILES string of the molecule is O=C1[C@@H]2Cc3c([nH]c4ccccc34)C(c3ccccc3)N2C(=O)CN1N=Cc1ccncc1. The van der Waals surface area contributed by atoms with E-state index in [9.17, 15) is 9.59 Å². The Kier molecular flexibility index (Phi) is 4.54. The molecule has 1 N–H and O–H groups in total. The van der Waals surface area contributed by atoms with E-state index in [-0.39, 0.29) is 24.4 Å². The number of aromatic nitrogens is 2. The van der Waals surface area contributed by atoms with Gasteiger partial charge in [-0.1, -0.05) is 48.5 Å². The van der Waals surface area contributed by atoms with Crippen LogP contribution in [-0.4, -0.2) is 50.5 Å². The molecule has 2 aliphatic heterocycles. The van der Waals surface area contributed by atoms with E-state index in [4.69, 9.17) is 0 Å². The number of rotatable bonds is 3. The standard InChI is InChI=1S/C26H21N5O2/c32-23-16-30(28-15-17-10-12-27-13-11-17)26(33)22-14-20-19-8-4-5-9-21(19)29-24(20)25(31(22)23)18-6-2-1-3-7-18/h1-13,15,22,25,29H,14,16H2/t22-,25?/m0/s1. The number of aromatic amines is 1. The quantitative estimate of drug-likeness (QED) is 0.502. The third-order valence-corrected chi connectivity index (χ3v) is 6.41. The molecule has 7 heteroatoms. The molecule has 2 amide bonds. The van der Waals surface area contributed by atoms with E-state index >= 15 is 0 Å². The Morgan fingerprint density at radius 3 is 2.55 bits per heavy atom. The molecule has 4 heterocycles. The number of pyridine rings is 1. The summed E-state index contributed by atoms with van der Waals surface area (Å²) >= 11 is 0. The van der Waals surface area contributed by atoms with Crippen LogP contribution in [0.1, 0.15) is 28.4 Å². The molecule has 0 bridgehead atoms. The summed E-state index contributed by atoms with van der Waals surface area (Å²) in [7, 11) is 0. The second-order valence-corrected chi connectivity index (χ2v) is 8.32. The lowest BCUT2D eigenvalue weighted by molar-refractivity contribution is -0.158. The van der Waals surface area contributed by atoms with Crippen molar-refractivity contribution in [3.05, 3.63) is 102 Å². The van der Waals surface area contributed by atoms with Gasteiger partial charge in [0.2, 0.25) is 5.91 Å². The van der Waals surface area contributed by atoms with Gasteiger partial charge in [-0.05, 0) is 34.9 Å². The average molecular weight is 435 g/mol. The molecule has 7 nitrogen and oxygen atoms in total. The summed E-state index contributed by atoms with van der Waals surface area (Å²) in [5.74, 6) is -0.290. The van der Waals surface area contributed by atoms with E-state index in [1.54, 1.807) is 35.6 Å². The molecule has 2 aromatic heterocycles. The summed E-state index contributed by atoms with van der Waals surface area (Å²) in [4.78, 5) is 36.3. The molecular weight excluding hydrogens is 414 g/mol. The highest BCUT2D eigenvalue weighted by atomic mass is 16.2. The number of para-hydroxylation sites is 1. The first-order valence-corrected chi connectivity index (χ1v) is 10.9. The number of H-pyrrole nitrogens is 1. The number of nitrogens with zero attached hydrogens (tertiary/aromatic N) is 4. The lowest BCUT2D eigenvalue weighted by Crippen LogP contribution is -2.61. The van der Waals surface area contributed by atoms with Gasteiger partial charge in [-0.2, -0.15) is 5.10 Å². The van der Waals surface area contributed by atoms with Gasteiger partial charge in [-0.3, -0.25) is 14.6 Å². The van der Waals surface area contributed by atoms with E-state index < -0.39 is 6.04 Å². The van der Waals surface area contributed by atoms with Crippen LogP contribution in [-0.2, 0) is 16.0 Å². The molecule has 162 valence electrons. The second-order valence-electron chi connectivity index (χ2n) is 8.32. The number of benzene rings is 2. The maximum absolute atomic E-state index is 13.6. The maximum Gasteiger partial charge on any atom is 0.266 e. The minimum absolute atomic E-state index is 0.0875. The summed E-state index contributed by atoms with van der Waals surface area (Å²) < 4.78 is 0. The predicted molar refractivity (Wildman–Crippen MR) is 124 cm³/mol. The molecule has 6 rings (SSSR count). The molecule has 0 radical (unpaired) electrons. The topological polar surface area (TPSA) is 81.7 Å². The third-order valence-electron chi connectivity index (χ3n) is 6.41. The normalized spacial score (nSPS) is 20.4. The van der Waals surface area contributed by atoms with E-state index in [1.165, 1.54) is 5.01 Å². The molecule has 33 heavy (non-hydrogen) atoms. The van der Waals surface area contributed by atoms with Crippen molar-refractivity contribution < 1.29 is 9.59 Å². The second kappa shape index (κ2) is 7.70. The molecule has 1 unspecified atom stereocenters. The lowest BCUT2D eigenvalue weighted by Gasteiger charge is -2.45. The molecule has 0 aliphatic carbocycles. The van der Waals surface area contributed by atoms with Crippen molar-refractivity contribution in [3.63, 3.8) is 0 Å². The fraction of sp³-hybridized carbons (Fsp3) is 0.154. The molecule has 2 aliphatic rings. The van der Waals surface area contributed by atoms with Crippen molar-refractivity contribution in [2.75, 3.05) is 6.54 Å². The van der Waals surface area contributed by atoms with Crippen LogP contribution in [0.3, 0.4) is 0 Å². The number of hydrogen-bond acceptors (Lipinski definition) is 4. The van der Waals surface area contributed by atoms with Crippen LogP contribution >= 0.6 is 0 Å². The van der Waals surface area contributed by atoms with Gasteiger partial charge in [0.1, 0.15) is 12.6 Å². The minimum atomic E-state index is -0.613. The van der Waals surface area contributed by atoms with Crippen molar-refractivity contribution in [3.8, 4) is 0 Å². The summed E-state index contributed by atoms with van der Waals surface area (Å²) in [6.07, 6.45) is 5.37.